The maximum Gasteiger partial charge on any atom is 0.134 e. The first-order valence-corrected chi connectivity index (χ1v) is 8.32. The first-order chi connectivity index (χ1) is 11.6. The summed E-state index contributed by atoms with van der Waals surface area (Å²) in [7, 11) is 0. The Morgan fingerprint density at radius 1 is 1.00 bits per heavy atom. The van der Waals surface area contributed by atoms with Crippen molar-refractivity contribution in [2.75, 3.05) is 0 Å². The lowest BCUT2D eigenvalue weighted by atomic mass is 10.0. The molecule has 0 fully saturated rings. The van der Waals surface area contributed by atoms with E-state index < -0.39 is 6.10 Å². The monoisotopic (exact) mass is 341 g/mol. The molecule has 0 saturated carbocycles. The molecule has 0 aliphatic carbocycles. The number of hydrogen-bond donors (Lipinski definition) is 2. The van der Waals surface area contributed by atoms with Gasteiger partial charge >= 0.3 is 0 Å². The van der Waals surface area contributed by atoms with E-state index in [-0.39, 0.29) is 6.04 Å². The second-order valence-electron chi connectivity index (χ2n) is 5.80. The molecule has 1 aromatic heterocycles. The zero-order chi connectivity index (χ0) is 16.9. The Morgan fingerprint density at radius 2 is 1.71 bits per heavy atom. The van der Waals surface area contributed by atoms with Crippen molar-refractivity contribution in [1.82, 2.24) is 5.32 Å². The molecule has 3 aromatic rings. The number of aliphatic hydroxyl groups is 1. The van der Waals surface area contributed by atoms with Gasteiger partial charge < -0.3 is 14.8 Å². The zero-order valence-electron chi connectivity index (χ0n) is 13.4. The molecule has 0 bridgehead atoms. The van der Waals surface area contributed by atoms with Crippen molar-refractivity contribution in [3.63, 3.8) is 0 Å². The largest absolute Gasteiger partial charge is 0.460 e. The van der Waals surface area contributed by atoms with Crippen molar-refractivity contribution < 1.29 is 9.52 Å². The highest BCUT2D eigenvalue weighted by Crippen LogP contribution is 2.24. The molecule has 2 N–H and O–H groups in total. The molecule has 124 valence electrons. The molecule has 0 aliphatic rings. The van der Waals surface area contributed by atoms with Crippen molar-refractivity contribution in [2.45, 2.75) is 25.6 Å². The van der Waals surface area contributed by atoms with Crippen molar-refractivity contribution in [3.05, 3.63) is 83.1 Å². The molecule has 2 unspecified atom stereocenters. The normalized spacial score (nSPS) is 13.6. The minimum absolute atomic E-state index is 0.0866. The molecule has 2 atom stereocenters. The van der Waals surface area contributed by atoms with Crippen LogP contribution in [-0.4, -0.2) is 11.1 Å². The van der Waals surface area contributed by atoms with Crippen LogP contribution in [0.2, 0.25) is 5.02 Å². The quantitative estimate of drug-likeness (QED) is 0.676. The maximum absolute atomic E-state index is 10.4. The van der Waals surface area contributed by atoms with Crippen LogP contribution in [0.1, 0.15) is 24.4 Å². The van der Waals surface area contributed by atoms with Gasteiger partial charge in [0, 0.05) is 16.6 Å². The third kappa shape index (κ3) is 4.06. The van der Waals surface area contributed by atoms with E-state index in [1.54, 1.807) is 0 Å². The molecular weight excluding hydrogens is 322 g/mol. The second kappa shape index (κ2) is 7.67. The molecule has 0 amide bonds. The molecule has 0 saturated heterocycles. The molecule has 0 spiro atoms. The van der Waals surface area contributed by atoms with E-state index in [1.807, 2.05) is 73.7 Å². The summed E-state index contributed by atoms with van der Waals surface area (Å²) in [5, 5.41) is 14.4. The summed E-state index contributed by atoms with van der Waals surface area (Å²) in [6.07, 6.45) is -0.558. The van der Waals surface area contributed by atoms with E-state index in [1.165, 1.54) is 0 Å². The smallest absolute Gasteiger partial charge is 0.134 e. The average Bonchev–Trinajstić information content (AvgIpc) is 3.09. The number of rotatable bonds is 6. The Bertz CT molecular complexity index is 768. The predicted octanol–water partition coefficient (Wildman–Crippen LogP) is 4.81. The van der Waals surface area contributed by atoms with Crippen molar-refractivity contribution in [3.8, 4) is 11.3 Å². The van der Waals surface area contributed by atoms with Crippen LogP contribution in [0, 0.1) is 0 Å². The minimum Gasteiger partial charge on any atom is -0.460 e. The van der Waals surface area contributed by atoms with Gasteiger partial charge in [-0.2, -0.15) is 0 Å². The van der Waals surface area contributed by atoms with E-state index >= 15 is 0 Å². The van der Waals surface area contributed by atoms with Crippen molar-refractivity contribution in [2.24, 2.45) is 0 Å². The maximum atomic E-state index is 10.4. The molecule has 0 aliphatic heterocycles. The SMILES string of the molecule is CC(NCc1ccc(-c2ccc(Cl)cc2)o1)C(O)c1ccccc1. The van der Waals surface area contributed by atoms with Crippen molar-refractivity contribution >= 4 is 11.6 Å². The summed E-state index contributed by atoms with van der Waals surface area (Å²) in [4.78, 5) is 0. The van der Waals surface area contributed by atoms with Crippen LogP contribution in [0.5, 0.6) is 0 Å². The highest BCUT2D eigenvalue weighted by Gasteiger charge is 2.16. The van der Waals surface area contributed by atoms with Gasteiger partial charge in [-0.1, -0.05) is 41.9 Å². The Balaban J connectivity index is 1.60. The summed E-state index contributed by atoms with van der Waals surface area (Å²) in [6, 6.07) is 21.0. The molecule has 4 heteroatoms. The van der Waals surface area contributed by atoms with Gasteiger partial charge in [0.25, 0.3) is 0 Å². The Morgan fingerprint density at radius 3 is 2.42 bits per heavy atom. The van der Waals surface area contributed by atoms with Crippen LogP contribution < -0.4 is 5.32 Å². The van der Waals surface area contributed by atoms with E-state index in [4.69, 9.17) is 16.0 Å². The first kappa shape index (κ1) is 16.8. The predicted molar refractivity (Wildman–Crippen MR) is 96.9 cm³/mol. The topological polar surface area (TPSA) is 45.4 Å². The molecule has 24 heavy (non-hydrogen) atoms. The Hall–Kier alpha value is -2.07. The van der Waals surface area contributed by atoms with Gasteiger partial charge in [0.2, 0.25) is 0 Å². The van der Waals surface area contributed by atoms with Crippen LogP contribution in [0.3, 0.4) is 0 Å². The van der Waals surface area contributed by atoms with E-state index in [0.717, 1.165) is 22.6 Å². The second-order valence-corrected chi connectivity index (χ2v) is 6.23. The Kier molecular flexibility index (Phi) is 5.36. The van der Waals surface area contributed by atoms with Gasteiger partial charge in [-0.25, -0.2) is 0 Å². The molecule has 0 radical (unpaired) electrons. The number of aliphatic hydroxyl groups excluding tert-OH is 1. The van der Waals surface area contributed by atoms with Crippen LogP contribution in [0.25, 0.3) is 11.3 Å². The van der Waals surface area contributed by atoms with Crippen LogP contribution in [0.4, 0.5) is 0 Å². The third-order valence-electron chi connectivity index (χ3n) is 4.00. The van der Waals surface area contributed by atoms with E-state index in [0.29, 0.717) is 11.6 Å². The third-order valence-corrected chi connectivity index (χ3v) is 4.26. The lowest BCUT2D eigenvalue weighted by Crippen LogP contribution is -2.31. The number of hydrogen-bond acceptors (Lipinski definition) is 3. The number of furan rings is 1. The zero-order valence-corrected chi connectivity index (χ0v) is 14.2. The minimum atomic E-state index is -0.558. The molecule has 3 rings (SSSR count). The Labute approximate surface area is 146 Å². The highest BCUT2D eigenvalue weighted by atomic mass is 35.5. The number of nitrogens with one attached hydrogen (secondary N) is 1. The van der Waals surface area contributed by atoms with Gasteiger partial charge in [-0.3, -0.25) is 0 Å². The van der Waals surface area contributed by atoms with Crippen LogP contribution >= 0.6 is 11.6 Å². The fraction of sp³-hybridized carbons (Fsp3) is 0.200. The average molecular weight is 342 g/mol. The summed E-state index contributed by atoms with van der Waals surface area (Å²) >= 11 is 5.90. The lowest BCUT2D eigenvalue weighted by molar-refractivity contribution is 0.134. The first-order valence-electron chi connectivity index (χ1n) is 7.94. The molecular formula is C20H20ClNO2. The summed E-state index contributed by atoms with van der Waals surface area (Å²) in [5.74, 6) is 1.63. The summed E-state index contributed by atoms with van der Waals surface area (Å²) in [5.41, 5.74) is 1.89. The lowest BCUT2D eigenvalue weighted by Gasteiger charge is -2.20. The van der Waals surface area contributed by atoms with Crippen LogP contribution in [-0.2, 0) is 6.54 Å². The fourth-order valence-electron chi connectivity index (χ4n) is 2.55. The summed E-state index contributed by atoms with van der Waals surface area (Å²) < 4.78 is 5.86. The number of halogens is 1. The molecule has 3 nitrogen and oxygen atoms in total. The standard InChI is InChI=1S/C20H20ClNO2/c1-14(20(23)16-5-3-2-4-6-16)22-13-18-11-12-19(24-18)15-7-9-17(21)10-8-15/h2-12,14,20,22-23H,13H2,1H3. The van der Waals surface area contributed by atoms with Crippen LogP contribution in [0.15, 0.2) is 71.1 Å². The molecule has 1 heterocycles. The highest BCUT2D eigenvalue weighted by molar-refractivity contribution is 6.30. The van der Waals surface area contributed by atoms with E-state index in [9.17, 15) is 5.11 Å². The van der Waals surface area contributed by atoms with Gasteiger partial charge in [-0.15, -0.1) is 0 Å². The van der Waals surface area contributed by atoms with E-state index in [2.05, 4.69) is 5.32 Å². The van der Waals surface area contributed by atoms with Gasteiger partial charge in [0.1, 0.15) is 11.5 Å². The van der Waals surface area contributed by atoms with Gasteiger partial charge in [0.05, 0.1) is 12.6 Å². The molecule has 2 aromatic carbocycles. The van der Waals surface area contributed by atoms with Gasteiger partial charge in [-0.05, 0) is 48.9 Å². The van der Waals surface area contributed by atoms with Crippen molar-refractivity contribution in [1.29, 1.82) is 0 Å². The fourth-order valence-corrected chi connectivity index (χ4v) is 2.68. The number of benzene rings is 2. The van der Waals surface area contributed by atoms with Gasteiger partial charge in [0.15, 0.2) is 0 Å². The summed E-state index contributed by atoms with van der Waals surface area (Å²) in [6.45, 7) is 2.51.